The summed E-state index contributed by atoms with van der Waals surface area (Å²) in [6.07, 6.45) is 4.38. The molecule has 110 valence electrons. The smallest absolute Gasteiger partial charge is 0.168 e. The highest BCUT2D eigenvalue weighted by Gasteiger charge is 2.40. The lowest BCUT2D eigenvalue weighted by molar-refractivity contribution is -0.185. The molecular formula is C14H24O5. The van der Waals surface area contributed by atoms with Gasteiger partial charge in [0, 0.05) is 19.4 Å². The summed E-state index contributed by atoms with van der Waals surface area (Å²) >= 11 is 0. The quantitative estimate of drug-likeness (QED) is 0.773. The summed E-state index contributed by atoms with van der Waals surface area (Å²) in [5.74, 6) is 0.375. The third-order valence-electron chi connectivity index (χ3n) is 4.22. The van der Waals surface area contributed by atoms with Crippen LogP contribution in [0.25, 0.3) is 0 Å². The zero-order valence-corrected chi connectivity index (χ0v) is 11.5. The molecule has 0 aromatic heterocycles. The van der Waals surface area contributed by atoms with E-state index in [4.69, 9.17) is 23.7 Å². The molecule has 0 N–H and O–H groups in total. The summed E-state index contributed by atoms with van der Waals surface area (Å²) in [5.41, 5.74) is 0. The van der Waals surface area contributed by atoms with Gasteiger partial charge in [0.1, 0.15) is 6.10 Å². The Balaban J connectivity index is 1.31. The molecule has 1 atom stereocenters. The summed E-state index contributed by atoms with van der Waals surface area (Å²) in [4.78, 5) is 0. The molecule has 5 nitrogen and oxygen atoms in total. The molecule has 3 rings (SSSR count). The molecule has 2 aliphatic heterocycles. The van der Waals surface area contributed by atoms with Crippen LogP contribution in [0.2, 0.25) is 0 Å². The van der Waals surface area contributed by atoms with Crippen LogP contribution in [0.4, 0.5) is 0 Å². The molecule has 1 spiro atoms. The molecule has 0 bridgehead atoms. The van der Waals surface area contributed by atoms with Crippen molar-refractivity contribution in [2.45, 2.75) is 37.6 Å². The minimum Gasteiger partial charge on any atom is -0.378 e. The lowest BCUT2D eigenvalue weighted by Crippen LogP contribution is -2.37. The normalized spacial score (nSPS) is 31.9. The number of hydrogen-bond acceptors (Lipinski definition) is 5. The van der Waals surface area contributed by atoms with Crippen molar-refractivity contribution in [3.8, 4) is 0 Å². The van der Waals surface area contributed by atoms with Crippen molar-refractivity contribution in [3.63, 3.8) is 0 Å². The fraction of sp³-hybridized carbons (Fsp3) is 1.00. The molecule has 1 saturated carbocycles. The number of hydrogen-bond donors (Lipinski definition) is 0. The molecule has 3 aliphatic rings. The Hall–Kier alpha value is -0.200. The van der Waals surface area contributed by atoms with E-state index in [9.17, 15) is 0 Å². The van der Waals surface area contributed by atoms with Gasteiger partial charge in [-0.15, -0.1) is 0 Å². The molecule has 1 unspecified atom stereocenters. The van der Waals surface area contributed by atoms with Crippen LogP contribution in [-0.4, -0.2) is 58.1 Å². The van der Waals surface area contributed by atoms with Crippen LogP contribution in [0.15, 0.2) is 0 Å². The third kappa shape index (κ3) is 3.67. The highest BCUT2D eigenvalue weighted by Crippen LogP contribution is 2.38. The molecule has 0 aromatic carbocycles. The fourth-order valence-corrected chi connectivity index (χ4v) is 3.07. The average molecular weight is 272 g/mol. The predicted molar refractivity (Wildman–Crippen MR) is 68.0 cm³/mol. The summed E-state index contributed by atoms with van der Waals surface area (Å²) < 4.78 is 28.1. The monoisotopic (exact) mass is 272 g/mol. The number of ether oxygens (including phenoxy) is 5. The first kappa shape index (κ1) is 13.8. The van der Waals surface area contributed by atoms with Gasteiger partial charge in [-0.3, -0.25) is 0 Å². The Bertz CT molecular complexity index is 261. The van der Waals surface area contributed by atoms with E-state index in [0.29, 0.717) is 32.3 Å². The van der Waals surface area contributed by atoms with Crippen LogP contribution in [0.5, 0.6) is 0 Å². The first-order valence-electron chi connectivity index (χ1n) is 7.41. The molecule has 2 saturated heterocycles. The summed E-state index contributed by atoms with van der Waals surface area (Å²) in [5, 5.41) is 0. The highest BCUT2D eigenvalue weighted by atomic mass is 16.7. The van der Waals surface area contributed by atoms with E-state index >= 15 is 0 Å². The van der Waals surface area contributed by atoms with Gasteiger partial charge in [0.2, 0.25) is 0 Å². The maximum atomic E-state index is 5.78. The van der Waals surface area contributed by atoms with Gasteiger partial charge in [-0.25, -0.2) is 0 Å². The molecule has 3 fully saturated rings. The second-order valence-corrected chi connectivity index (χ2v) is 5.66. The molecule has 2 heterocycles. The van der Waals surface area contributed by atoms with E-state index in [1.54, 1.807) is 0 Å². The lowest BCUT2D eigenvalue weighted by atomic mass is 9.85. The number of rotatable bonds is 4. The van der Waals surface area contributed by atoms with Crippen LogP contribution in [-0.2, 0) is 23.7 Å². The molecular weight excluding hydrogens is 248 g/mol. The first-order chi connectivity index (χ1) is 9.36. The molecule has 1 aliphatic carbocycles. The minimum atomic E-state index is -0.253. The Morgan fingerprint density at radius 1 is 0.947 bits per heavy atom. The van der Waals surface area contributed by atoms with Crippen molar-refractivity contribution in [1.82, 2.24) is 0 Å². The van der Waals surface area contributed by atoms with Crippen LogP contribution in [0.1, 0.15) is 25.7 Å². The zero-order chi connectivity index (χ0) is 13.0. The van der Waals surface area contributed by atoms with Crippen LogP contribution in [0, 0.1) is 5.92 Å². The predicted octanol–water partition coefficient (Wildman–Crippen LogP) is 1.35. The van der Waals surface area contributed by atoms with Gasteiger partial charge < -0.3 is 23.7 Å². The van der Waals surface area contributed by atoms with Crippen molar-refractivity contribution in [2.75, 3.05) is 46.2 Å². The molecule has 5 heteroatoms. The second kappa shape index (κ2) is 6.50. The lowest BCUT2D eigenvalue weighted by Gasteiger charge is -2.35. The molecule has 0 aromatic rings. The summed E-state index contributed by atoms with van der Waals surface area (Å²) in [6.45, 7) is 5.02. The van der Waals surface area contributed by atoms with Crippen molar-refractivity contribution < 1.29 is 23.7 Å². The third-order valence-corrected chi connectivity index (χ3v) is 4.22. The largest absolute Gasteiger partial charge is 0.378 e. The van der Waals surface area contributed by atoms with E-state index in [2.05, 4.69) is 0 Å². The standard InChI is InChI=1S/C14H24O5/c1-3-14(18-7-8-19-14)4-2-12(1)9-16-11-13-10-15-5-6-17-13/h12-13H,1-11H2. The molecule has 0 radical (unpaired) electrons. The minimum absolute atomic E-state index is 0.116. The summed E-state index contributed by atoms with van der Waals surface area (Å²) in [6, 6.07) is 0. The second-order valence-electron chi connectivity index (χ2n) is 5.66. The summed E-state index contributed by atoms with van der Waals surface area (Å²) in [7, 11) is 0. The molecule has 0 amide bonds. The van der Waals surface area contributed by atoms with E-state index in [1.165, 1.54) is 0 Å². The van der Waals surface area contributed by atoms with Gasteiger partial charge in [0.05, 0.1) is 39.6 Å². The van der Waals surface area contributed by atoms with E-state index in [1.807, 2.05) is 0 Å². The van der Waals surface area contributed by atoms with E-state index in [-0.39, 0.29) is 11.9 Å². The van der Waals surface area contributed by atoms with Gasteiger partial charge in [-0.05, 0) is 18.8 Å². The van der Waals surface area contributed by atoms with Crippen molar-refractivity contribution >= 4 is 0 Å². The van der Waals surface area contributed by atoms with Crippen LogP contribution in [0.3, 0.4) is 0 Å². The Kier molecular flexibility index (Phi) is 4.71. The van der Waals surface area contributed by atoms with Crippen molar-refractivity contribution in [2.24, 2.45) is 5.92 Å². The van der Waals surface area contributed by atoms with Crippen LogP contribution < -0.4 is 0 Å². The maximum absolute atomic E-state index is 5.78. The highest BCUT2D eigenvalue weighted by molar-refractivity contribution is 4.82. The van der Waals surface area contributed by atoms with Crippen molar-refractivity contribution in [1.29, 1.82) is 0 Å². The zero-order valence-electron chi connectivity index (χ0n) is 11.5. The van der Waals surface area contributed by atoms with Crippen LogP contribution >= 0.6 is 0 Å². The average Bonchev–Trinajstić information content (AvgIpc) is 2.91. The van der Waals surface area contributed by atoms with Gasteiger partial charge in [0.25, 0.3) is 0 Å². The Morgan fingerprint density at radius 2 is 1.74 bits per heavy atom. The van der Waals surface area contributed by atoms with Gasteiger partial charge in [-0.2, -0.15) is 0 Å². The SMILES string of the molecule is C1COC(COCC2CCC3(CC2)OCCO3)CO1. The van der Waals surface area contributed by atoms with Gasteiger partial charge in [-0.1, -0.05) is 0 Å². The van der Waals surface area contributed by atoms with Gasteiger partial charge in [0.15, 0.2) is 5.79 Å². The maximum Gasteiger partial charge on any atom is 0.168 e. The van der Waals surface area contributed by atoms with Crippen molar-refractivity contribution in [3.05, 3.63) is 0 Å². The van der Waals surface area contributed by atoms with E-state index < -0.39 is 0 Å². The van der Waals surface area contributed by atoms with Gasteiger partial charge >= 0.3 is 0 Å². The Labute approximate surface area is 114 Å². The first-order valence-corrected chi connectivity index (χ1v) is 7.41. The fourth-order valence-electron chi connectivity index (χ4n) is 3.07. The molecule has 19 heavy (non-hydrogen) atoms. The Morgan fingerprint density at radius 3 is 2.42 bits per heavy atom. The topological polar surface area (TPSA) is 46.2 Å². The van der Waals surface area contributed by atoms with E-state index in [0.717, 1.165) is 45.5 Å².